The van der Waals surface area contributed by atoms with Crippen molar-refractivity contribution >= 4 is 0 Å². The molecule has 1 aliphatic heterocycles. The van der Waals surface area contributed by atoms with Crippen LogP contribution in [0.4, 0.5) is 0 Å². The highest BCUT2D eigenvalue weighted by Crippen LogP contribution is 2.36. The second kappa shape index (κ2) is 6.10. The summed E-state index contributed by atoms with van der Waals surface area (Å²) in [6.45, 7) is 11.8. The van der Waals surface area contributed by atoms with E-state index in [1.165, 1.54) is 45.4 Å². The van der Waals surface area contributed by atoms with E-state index in [1.807, 2.05) is 0 Å². The largest absolute Gasteiger partial charge is 0.312 e. The molecule has 116 valence electrons. The number of nitrogens with one attached hydrogen (secondary N) is 1. The van der Waals surface area contributed by atoms with Gasteiger partial charge in [0, 0.05) is 24.5 Å². The van der Waals surface area contributed by atoms with Crippen molar-refractivity contribution < 1.29 is 0 Å². The summed E-state index contributed by atoms with van der Waals surface area (Å²) >= 11 is 0. The Morgan fingerprint density at radius 2 is 2.05 bits per heavy atom. The summed E-state index contributed by atoms with van der Waals surface area (Å²) in [5.41, 5.74) is 3.42. The third-order valence-corrected chi connectivity index (χ3v) is 4.96. The summed E-state index contributed by atoms with van der Waals surface area (Å²) in [5.74, 6) is 1.61. The Kier molecular flexibility index (Phi) is 4.37. The average molecular weight is 286 g/mol. The SMILES string of the molecule is CC(C)(C)NCC1CCCN(CC2Cc3ccccc32)C1. The van der Waals surface area contributed by atoms with Gasteiger partial charge in [-0.2, -0.15) is 0 Å². The van der Waals surface area contributed by atoms with Crippen LogP contribution in [0.15, 0.2) is 24.3 Å². The standard InChI is InChI=1S/C19H30N2/c1-19(2,3)20-12-15-7-6-10-21(13-15)14-17-11-16-8-4-5-9-18(16)17/h4-5,8-9,15,17,20H,6-7,10-14H2,1-3H3. The van der Waals surface area contributed by atoms with Crippen molar-refractivity contribution in [3.05, 3.63) is 35.4 Å². The van der Waals surface area contributed by atoms with Gasteiger partial charge in [-0.1, -0.05) is 24.3 Å². The number of likely N-dealkylation sites (tertiary alicyclic amines) is 1. The Balaban J connectivity index is 1.49. The third kappa shape index (κ3) is 3.87. The molecule has 2 nitrogen and oxygen atoms in total. The summed E-state index contributed by atoms with van der Waals surface area (Å²) in [4.78, 5) is 2.71. The Labute approximate surface area is 129 Å². The van der Waals surface area contributed by atoms with E-state index in [2.05, 4.69) is 55.3 Å². The van der Waals surface area contributed by atoms with Gasteiger partial charge in [-0.3, -0.25) is 0 Å². The van der Waals surface area contributed by atoms with Crippen LogP contribution in [0.2, 0.25) is 0 Å². The zero-order chi connectivity index (χ0) is 14.9. The number of fused-ring (bicyclic) bond motifs is 1. The van der Waals surface area contributed by atoms with Gasteiger partial charge in [0.2, 0.25) is 0 Å². The molecule has 0 amide bonds. The smallest absolute Gasteiger partial charge is 0.00966 e. The van der Waals surface area contributed by atoms with E-state index in [-0.39, 0.29) is 5.54 Å². The molecule has 21 heavy (non-hydrogen) atoms. The van der Waals surface area contributed by atoms with Crippen molar-refractivity contribution in [3.8, 4) is 0 Å². The van der Waals surface area contributed by atoms with Gasteiger partial charge in [0.05, 0.1) is 0 Å². The summed E-state index contributed by atoms with van der Waals surface area (Å²) in [6.07, 6.45) is 4.04. The average Bonchev–Trinajstić information content (AvgIpc) is 2.42. The molecule has 2 atom stereocenters. The summed E-state index contributed by atoms with van der Waals surface area (Å²) in [6, 6.07) is 8.98. The monoisotopic (exact) mass is 286 g/mol. The Bertz CT molecular complexity index is 475. The minimum atomic E-state index is 0.245. The van der Waals surface area contributed by atoms with Crippen molar-refractivity contribution in [2.24, 2.45) is 5.92 Å². The van der Waals surface area contributed by atoms with Gasteiger partial charge < -0.3 is 10.2 Å². The molecule has 1 N–H and O–H groups in total. The van der Waals surface area contributed by atoms with Crippen LogP contribution < -0.4 is 5.32 Å². The Morgan fingerprint density at radius 3 is 2.81 bits per heavy atom. The van der Waals surface area contributed by atoms with Gasteiger partial charge in [0.1, 0.15) is 0 Å². The number of rotatable bonds is 4. The summed E-state index contributed by atoms with van der Waals surface area (Å²) < 4.78 is 0. The molecule has 0 bridgehead atoms. The van der Waals surface area contributed by atoms with Crippen molar-refractivity contribution in [3.63, 3.8) is 0 Å². The third-order valence-electron chi connectivity index (χ3n) is 4.96. The molecule has 0 spiro atoms. The van der Waals surface area contributed by atoms with Gasteiger partial charge in [0.15, 0.2) is 0 Å². The van der Waals surface area contributed by atoms with Crippen LogP contribution in [-0.2, 0) is 6.42 Å². The molecule has 0 aromatic heterocycles. The lowest BCUT2D eigenvalue weighted by Gasteiger charge is -2.39. The Hall–Kier alpha value is -0.860. The van der Waals surface area contributed by atoms with E-state index < -0.39 is 0 Å². The van der Waals surface area contributed by atoms with E-state index in [1.54, 1.807) is 11.1 Å². The maximum atomic E-state index is 3.68. The Morgan fingerprint density at radius 1 is 1.24 bits per heavy atom. The molecule has 1 heterocycles. The lowest BCUT2D eigenvalue weighted by Crippen LogP contribution is -2.46. The summed E-state index contributed by atoms with van der Waals surface area (Å²) in [5, 5.41) is 3.68. The number of hydrogen-bond acceptors (Lipinski definition) is 2. The van der Waals surface area contributed by atoms with E-state index in [9.17, 15) is 0 Å². The molecule has 1 saturated heterocycles. The van der Waals surface area contributed by atoms with Gasteiger partial charge in [-0.05, 0) is 70.2 Å². The molecule has 0 saturated carbocycles. The van der Waals surface area contributed by atoms with Crippen molar-refractivity contribution in [1.29, 1.82) is 0 Å². The van der Waals surface area contributed by atoms with Crippen molar-refractivity contribution in [1.82, 2.24) is 10.2 Å². The van der Waals surface area contributed by atoms with Crippen molar-refractivity contribution in [2.75, 3.05) is 26.2 Å². The molecular formula is C19H30N2. The van der Waals surface area contributed by atoms with Crippen LogP contribution in [0.1, 0.15) is 50.7 Å². The molecular weight excluding hydrogens is 256 g/mol. The second-order valence-corrected chi connectivity index (χ2v) is 8.00. The van der Waals surface area contributed by atoms with E-state index in [4.69, 9.17) is 0 Å². The van der Waals surface area contributed by atoms with Crippen LogP contribution in [0.3, 0.4) is 0 Å². The maximum Gasteiger partial charge on any atom is 0.00966 e. The predicted octanol–water partition coefficient (Wildman–Crippen LogP) is 3.43. The highest BCUT2D eigenvalue weighted by atomic mass is 15.1. The summed E-state index contributed by atoms with van der Waals surface area (Å²) in [7, 11) is 0. The topological polar surface area (TPSA) is 15.3 Å². The first kappa shape index (κ1) is 15.1. The zero-order valence-electron chi connectivity index (χ0n) is 13.9. The molecule has 3 rings (SSSR count). The number of hydrogen-bond donors (Lipinski definition) is 1. The molecule has 0 radical (unpaired) electrons. The van der Waals surface area contributed by atoms with E-state index >= 15 is 0 Å². The first-order valence-electron chi connectivity index (χ1n) is 8.56. The first-order chi connectivity index (χ1) is 10.0. The number of benzene rings is 1. The lowest BCUT2D eigenvalue weighted by molar-refractivity contribution is 0.154. The molecule has 1 aromatic rings. The van der Waals surface area contributed by atoms with Crippen molar-refractivity contribution in [2.45, 2.75) is 51.5 Å². The lowest BCUT2D eigenvalue weighted by atomic mass is 9.77. The fourth-order valence-electron chi connectivity index (χ4n) is 3.77. The fourth-order valence-corrected chi connectivity index (χ4v) is 3.77. The maximum absolute atomic E-state index is 3.68. The van der Waals surface area contributed by atoms with Crippen LogP contribution in [0, 0.1) is 5.92 Å². The zero-order valence-corrected chi connectivity index (χ0v) is 13.9. The molecule has 1 aliphatic carbocycles. The number of piperidine rings is 1. The molecule has 2 aliphatic rings. The predicted molar refractivity (Wildman–Crippen MR) is 89.8 cm³/mol. The highest BCUT2D eigenvalue weighted by molar-refractivity contribution is 5.40. The van der Waals surface area contributed by atoms with E-state index in [0.29, 0.717) is 0 Å². The molecule has 2 unspecified atom stereocenters. The second-order valence-electron chi connectivity index (χ2n) is 8.00. The van der Waals surface area contributed by atoms with Crippen LogP contribution >= 0.6 is 0 Å². The van der Waals surface area contributed by atoms with Gasteiger partial charge in [0.25, 0.3) is 0 Å². The van der Waals surface area contributed by atoms with Crippen LogP contribution in [0.5, 0.6) is 0 Å². The molecule has 1 fully saturated rings. The quantitative estimate of drug-likeness (QED) is 0.912. The first-order valence-corrected chi connectivity index (χ1v) is 8.56. The number of nitrogens with zero attached hydrogens (tertiary/aromatic N) is 1. The minimum Gasteiger partial charge on any atom is -0.312 e. The molecule has 2 heteroatoms. The van der Waals surface area contributed by atoms with Crippen LogP contribution in [0.25, 0.3) is 0 Å². The molecule has 1 aromatic carbocycles. The van der Waals surface area contributed by atoms with E-state index in [0.717, 1.165) is 11.8 Å². The highest BCUT2D eigenvalue weighted by Gasteiger charge is 2.29. The van der Waals surface area contributed by atoms with Gasteiger partial charge in [-0.25, -0.2) is 0 Å². The minimum absolute atomic E-state index is 0.245. The van der Waals surface area contributed by atoms with Crippen LogP contribution in [-0.4, -0.2) is 36.6 Å². The normalized spacial score (nSPS) is 26.2. The fraction of sp³-hybridized carbons (Fsp3) is 0.684. The van der Waals surface area contributed by atoms with Gasteiger partial charge in [-0.15, -0.1) is 0 Å². The van der Waals surface area contributed by atoms with Gasteiger partial charge >= 0.3 is 0 Å².